The molecule has 0 saturated carbocycles. The van der Waals surface area contributed by atoms with E-state index in [1.165, 1.54) is 0 Å². The minimum atomic E-state index is -0.239. The van der Waals surface area contributed by atoms with Gasteiger partial charge in [0.05, 0.1) is 16.4 Å². The summed E-state index contributed by atoms with van der Waals surface area (Å²) in [5.74, 6) is -0.239. The van der Waals surface area contributed by atoms with E-state index in [4.69, 9.17) is 11.6 Å². The van der Waals surface area contributed by atoms with Gasteiger partial charge in [0, 0.05) is 25.8 Å². The molecule has 0 saturated heterocycles. The van der Waals surface area contributed by atoms with E-state index in [-0.39, 0.29) is 11.6 Å². The highest BCUT2D eigenvalue weighted by Gasteiger charge is 2.17. The molecule has 0 aromatic carbocycles. The predicted molar refractivity (Wildman–Crippen MR) is 81.6 cm³/mol. The molecular formula is C14H20ClN5O. The maximum absolute atomic E-state index is 12.0. The summed E-state index contributed by atoms with van der Waals surface area (Å²) in [6, 6.07) is 2.04. The molecule has 0 spiro atoms. The largest absolute Gasteiger partial charge is 0.351 e. The molecule has 0 aliphatic carbocycles. The summed E-state index contributed by atoms with van der Waals surface area (Å²) in [7, 11) is 1.76. The van der Waals surface area contributed by atoms with E-state index in [9.17, 15) is 4.79 Å². The number of hydrogen-bond donors (Lipinski definition) is 1. The SMILES string of the molecule is Cc1cc(C)n(CCCNC(=O)c2nn(C)c(C)c2Cl)n1. The third-order valence-corrected chi connectivity index (χ3v) is 3.86. The van der Waals surface area contributed by atoms with Crippen molar-refractivity contribution in [3.8, 4) is 0 Å². The van der Waals surface area contributed by atoms with Crippen LogP contribution in [0.2, 0.25) is 5.02 Å². The maximum atomic E-state index is 12.0. The second kappa shape index (κ2) is 6.30. The van der Waals surface area contributed by atoms with Gasteiger partial charge >= 0.3 is 0 Å². The van der Waals surface area contributed by atoms with E-state index in [2.05, 4.69) is 15.5 Å². The lowest BCUT2D eigenvalue weighted by molar-refractivity contribution is 0.0947. The number of hydrogen-bond acceptors (Lipinski definition) is 3. The topological polar surface area (TPSA) is 64.7 Å². The first kappa shape index (κ1) is 15.6. The predicted octanol–water partition coefficient (Wildman–Crippen LogP) is 2.02. The van der Waals surface area contributed by atoms with Gasteiger partial charge in [-0.1, -0.05) is 11.6 Å². The van der Waals surface area contributed by atoms with Crippen molar-refractivity contribution in [3.05, 3.63) is 33.9 Å². The van der Waals surface area contributed by atoms with Crippen molar-refractivity contribution in [1.29, 1.82) is 0 Å². The lowest BCUT2D eigenvalue weighted by atomic mass is 10.3. The molecular weight excluding hydrogens is 290 g/mol. The van der Waals surface area contributed by atoms with Crippen molar-refractivity contribution in [2.45, 2.75) is 33.7 Å². The molecule has 0 bridgehead atoms. The Morgan fingerprint density at radius 2 is 2.05 bits per heavy atom. The summed E-state index contributed by atoms with van der Waals surface area (Å²) in [6.45, 7) is 7.15. The van der Waals surface area contributed by atoms with Gasteiger partial charge in [-0.15, -0.1) is 0 Å². The molecule has 7 heteroatoms. The Labute approximate surface area is 129 Å². The summed E-state index contributed by atoms with van der Waals surface area (Å²) < 4.78 is 3.55. The van der Waals surface area contributed by atoms with Gasteiger partial charge < -0.3 is 5.32 Å². The van der Waals surface area contributed by atoms with Crippen LogP contribution in [0.15, 0.2) is 6.07 Å². The molecule has 21 heavy (non-hydrogen) atoms. The van der Waals surface area contributed by atoms with Crippen molar-refractivity contribution in [2.24, 2.45) is 7.05 Å². The lowest BCUT2D eigenvalue weighted by Crippen LogP contribution is -2.26. The molecule has 2 heterocycles. The Morgan fingerprint density at radius 3 is 2.57 bits per heavy atom. The lowest BCUT2D eigenvalue weighted by Gasteiger charge is -2.05. The molecule has 1 N–H and O–H groups in total. The van der Waals surface area contributed by atoms with Gasteiger partial charge in [0.25, 0.3) is 5.91 Å². The first-order chi connectivity index (χ1) is 9.90. The normalized spacial score (nSPS) is 10.9. The second-order valence-electron chi connectivity index (χ2n) is 5.13. The highest BCUT2D eigenvalue weighted by atomic mass is 35.5. The molecule has 2 aromatic rings. The number of carbonyl (C=O) groups is 1. The van der Waals surface area contributed by atoms with Crippen molar-refractivity contribution in [3.63, 3.8) is 0 Å². The molecule has 114 valence electrons. The molecule has 2 rings (SSSR count). The number of aromatic nitrogens is 4. The average Bonchev–Trinajstić information content (AvgIpc) is 2.88. The Morgan fingerprint density at radius 1 is 1.33 bits per heavy atom. The Hall–Kier alpha value is -1.82. The summed E-state index contributed by atoms with van der Waals surface area (Å²) in [4.78, 5) is 12.0. The minimum Gasteiger partial charge on any atom is -0.351 e. The van der Waals surface area contributed by atoms with Crippen LogP contribution in [0.25, 0.3) is 0 Å². The van der Waals surface area contributed by atoms with Crippen LogP contribution in [-0.2, 0) is 13.6 Å². The van der Waals surface area contributed by atoms with Gasteiger partial charge in [-0.3, -0.25) is 14.2 Å². The maximum Gasteiger partial charge on any atom is 0.273 e. The first-order valence-electron chi connectivity index (χ1n) is 6.88. The summed E-state index contributed by atoms with van der Waals surface area (Å²) in [5.41, 5.74) is 3.20. The average molecular weight is 310 g/mol. The number of rotatable bonds is 5. The number of aryl methyl sites for hydroxylation is 4. The van der Waals surface area contributed by atoms with E-state index in [0.717, 1.165) is 30.0 Å². The van der Waals surface area contributed by atoms with Gasteiger partial charge in [0.2, 0.25) is 0 Å². The van der Waals surface area contributed by atoms with Crippen molar-refractivity contribution in [1.82, 2.24) is 24.9 Å². The van der Waals surface area contributed by atoms with Crippen molar-refractivity contribution >= 4 is 17.5 Å². The number of nitrogens with zero attached hydrogens (tertiary/aromatic N) is 4. The Kier molecular flexibility index (Phi) is 4.67. The molecule has 0 fully saturated rings. The van der Waals surface area contributed by atoms with Crippen LogP contribution in [-0.4, -0.2) is 32.0 Å². The second-order valence-corrected chi connectivity index (χ2v) is 5.51. The monoisotopic (exact) mass is 309 g/mol. The quantitative estimate of drug-likeness (QED) is 0.859. The minimum absolute atomic E-state index is 0.239. The third kappa shape index (κ3) is 3.44. The van der Waals surface area contributed by atoms with Crippen LogP contribution < -0.4 is 5.32 Å². The van der Waals surface area contributed by atoms with Crippen molar-refractivity contribution < 1.29 is 4.79 Å². The molecule has 1 amide bonds. The molecule has 6 nitrogen and oxygen atoms in total. The number of nitrogens with one attached hydrogen (secondary N) is 1. The summed E-state index contributed by atoms with van der Waals surface area (Å²) in [6.07, 6.45) is 0.803. The van der Waals surface area contributed by atoms with E-state index < -0.39 is 0 Å². The molecule has 2 aromatic heterocycles. The molecule has 0 radical (unpaired) electrons. The van der Waals surface area contributed by atoms with Gasteiger partial charge in [-0.25, -0.2) is 0 Å². The van der Waals surface area contributed by atoms with Gasteiger partial charge in [-0.2, -0.15) is 10.2 Å². The van der Waals surface area contributed by atoms with Crippen LogP contribution in [0.1, 0.15) is 34.0 Å². The smallest absolute Gasteiger partial charge is 0.273 e. The number of amides is 1. The van der Waals surface area contributed by atoms with Gasteiger partial charge in [-0.05, 0) is 33.3 Å². The van der Waals surface area contributed by atoms with E-state index in [1.54, 1.807) is 11.7 Å². The number of halogens is 1. The summed E-state index contributed by atoms with van der Waals surface area (Å²) >= 11 is 6.08. The van der Waals surface area contributed by atoms with Gasteiger partial charge in [0.15, 0.2) is 5.69 Å². The zero-order valence-corrected chi connectivity index (χ0v) is 13.5. The van der Waals surface area contributed by atoms with E-state index >= 15 is 0 Å². The van der Waals surface area contributed by atoms with Crippen LogP contribution in [0.5, 0.6) is 0 Å². The van der Waals surface area contributed by atoms with Crippen LogP contribution in [0.4, 0.5) is 0 Å². The first-order valence-corrected chi connectivity index (χ1v) is 7.26. The standard InChI is InChI=1S/C14H20ClN5O/c1-9-8-10(2)20(17-9)7-5-6-16-14(21)13-12(15)11(3)19(4)18-13/h8H,5-7H2,1-4H3,(H,16,21). The van der Waals surface area contributed by atoms with Crippen LogP contribution >= 0.6 is 11.6 Å². The zero-order valence-electron chi connectivity index (χ0n) is 12.8. The molecule has 0 unspecified atom stereocenters. The van der Waals surface area contributed by atoms with E-state index in [0.29, 0.717) is 11.6 Å². The van der Waals surface area contributed by atoms with E-state index in [1.807, 2.05) is 31.5 Å². The molecule has 0 atom stereocenters. The summed E-state index contributed by atoms with van der Waals surface area (Å²) in [5, 5.41) is 11.7. The highest BCUT2D eigenvalue weighted by molar-refractivity contribution is 6.34. The highest BCUT2D eigenvalue weighted by Crippen LogP contribution is 2.18. The van der Waals surface area contributed by atoms with Gasteiger partial charge in [0.1, 0.15) is 0 Å². The van der Waals surface area contributed by atoms with Crippen LogP contribution in [0.3, 0.4) is 0 Å². The fraction of sp³-hybridized carbons (Fsp3) is 0.500. The van der Waals surface area contributed by atoms with Crippen LogP contribution in [0, 0.1) is 20.8 Å². The fourth-order valence-corrected chi connectivity index (χ4v) is 2.39. The third-order valence-electron chi connectivity index (χ3n) is 3.41. The Balaban J connectivity index is 1.84. The van der Waals surface area contributed by atoms with Crippen molar-refractivity contribution in [2.75, 3.05) is 6.54 Å². The Bertz CT molecular complexity index is 659. The molecule has 0 aliphatic heterocycles. The fourth-order valence-electron chi connectivity index (χ4n) is 2.14. The zero-order chi connectivity index (χ0) is 15.6. The number of carbonyl (C=O) groups excluding carboxylic acids is 1. The molecule has 0 aliphatic rings.